The summed E-state index contributed by atoms with van der Waals surface area (Å²) >= 11 is 0. The molecule has 0 radical (unpaired) electrons. The molecule has 0 aromatic heterocycles. The Bertz CT molecular complexity index is 499. The molecule has 2 rings (SSSR count). The topological polar surface area (TPSA) is 56.0 Å². The lowest BCUT2D eigenvalue weighted by molar-refractivity contribution is 0.199. The third kappa shape index (κ3) is 2.85. The largest absolute Gasteiger partial charge is 0.396 e. The number of aliphatic hydroxyl groups excluding tert-OH is 1. The molecule has 0 aliphatic heterocycles. The molecule has 0 heterocycles. The number of benzene rings is 1. The maximum Gasteiger partial charge on any atom is 0.183 e. The Labute approximate surface area is 110 Å². The van der Waals surface area contributed by atoms with Crippen LogP contribution in [0.5, 0.6) is 0 Å². The Morgan fingerprint density at radius 1 is 1.26 bits per heavy atom. The van der Waals surface area contributed by atoms with Crippen molar-refractivity contribution in [2.24, 2.45) is 11.8 Å². The molecule has 0 spiro atoms. The first kappa shape index (κ1) is 13.8. The standard InChI is InChI=1S/C14H16F2N2O/c15-13-9(6-17)4-5-12(14(13)16)18-7-10-2-1-3-11(10)8-19/h4-5,10-11,18-19H,1-3,7-8H2. The minimum absolute atomic E-state index is 0.0695. The van der Waals surface area contributed by atoms with Crippen molar-refractivity contribution >= 4 is 5.69 Å². The lowest BCUT2D eigenvalue weighted by Gasteiger charge is -2.18. The zero-order valence-corrected chi connectivity index (χ0v) is 10.5. The number of hydrogen-bond acceptors (Lipinski definition) is 3. The van der Waals surface area contributed by atoms with Crippen molar-refractivity contribution < 1.29 is 13.9 Å². The van der Waals surface area contributed by atoms with Gasteiger partial charge in [0, 0.05) is 13.2 Å². The van der Waals surface area contributed by atoms with E-state index in [1.165, 1.54) is 12.1 Å². The van der Waals surface area contributed by atoms with Gasteiger partial charge in [-0.05, 0) is 36.8 Å². The molecular formula is C14H16F2N2O. The van der Waals surface area contributed by atoms with Gasteiger partial charge in [0.1, 0.15) is 6.07 Å². The second-order valence-electron chi connectivity index (χ2n) is 4.91. The Kier molecular flexibility index (Phi) is 4.33. The molecular weight excluding hydrogens is 250 g/mol. The Morgan fingerprint density at radius 2 is 2.00 bits per heavy atom. The van der Waals surface area contributed by atoms with Crippen molar-refractivity contribution in [2.75, 3.05) is 18.5 Å². The van der Waals surface area contributed by atoms with Gasteiger partial charge in [-0.2, -0.15) is 5.26 Å². The van der Waals surface area contributed by atoms with E-state index >= 15 is 0 Å². The highest BCUT2D eigenvalue weighted by Crippen LogP contribution is 2.31. The molecule has 2 N–H and O–H groups in total. The molecule has 0 bridgehead atoms. The normalized spacial score (nSPS) is 22.2. The summed E-state index contributed by atoms with van der Waals surface area (Å²) in [5, 5.41) is 20.7. The molecule has 1 aromatic rings. The molecule has 1 saturated carbocycles. The summed E-state index contributed by atoms with van der Waals surface area (Å²) in [6, 6.07) is 4.24. The lowest BCUT2D eigenvalue weighted by Crippen LogP contribution is -2.21. The molecule has 1 fully saturated rings. The van der Waals surface area contributed by atoms with E-state index in [0.29, 0.717) is 6.54 Å². The number of anilines is 1. The molecule has 2 unspecified atom stereocenters. The maximum atomic E-state index is 13.7. The van der Waals surface area contributed by atoms with Crippen LogP contribution in [-0.2, 0) is 0 Å². The van der Waals surface area contributed by atoms with Crippen LogP contribution in [0.2, 0.25) is 0 Å². The molecule has 2 atom stereocenters. The second-order valence-corrected chi connectivity index (χ2v) is 4.91. The molecule has 0 saturated heterocycles. The van der Waals surface area contributed by atoms with Crippen molar-refractivity contribution in [2.45, 2.75) is 19.3 Å². The second kappa shape index (κ2) is 5.98. The zero-order valence-electron chi connectivity index (χ0n) is 10.5. The number of hydrogen-bond donors (Lipinski definition) is 2. The average molecular weight is 266 g/mol. The predicted molar refractivity (Wildman–Crippen MR) is 67.5 cm³/mol. The first-order chi connectivity index (χ1) is 9.17. The van der Waals surface area contributed by atoms with Crippen LogP contribution in [0.15, 0.2) is 12.1 Å². The summed E-state index contributed by atoms with van der Waals surface area (Å²) in [5.41, 5.74) is -0.225. The molecule has 0 amide bonds. The van der Waals surface area contributed by atoms with E-state index in [4.69, 9.17) is 5.26 Å². The van der Waals surface area contributed by atoms with Gasteiger partial charge in [-0.3, -0.25) is 0 Å². The highest BCUT2D eigenvalue weighted by atomic mass is 19.2. The summed E-state index contributed by atoms with van der Waals surface area (Å²) in [5.74, 6) is -1.61. The molecule has 1 aliphatic carbocycles. The van der Waals surface area contributed by atoms with Gasteiger partial charge in [-0.15, -0.1) is 0 Å². The van der Waals surface area contributed by atoms with Gasteiger partial charge in [-0.1, -0.05) is 6.42 Å². The quantitative estimate of drug-likeness (QED) is 0.881. The highest BCUT2D eigenvalue weighted by molar-refractivity contribution is 5.49. The smallest absolute Gasteiger partial charge is 0.183 e. The Morgan fingerprint density at radius 3 is 2.68 bits per heavy atom. The molecule has 1 aliphatic rings. The van der Waals surface area contributed by atoms with Crippen LogP contribution in [0.25, 0.3) is 0 Å². The van der Waals surface area contributed by atoms with Gasteiger partial charge in [-0.25, -0.2) is 8.78 Å². The summed E-state index contributed by atoms with van der Waals surface area (Å²) in [6.45, 7) is 0.643. The number of halogens is 2. The number of nitrogens with zero attached hydrogens (tertiary/aromatic N) is 1. The van der Waals surface area contributed by atoms with E-state index in [2.05, 4.69) is 5.32 Å². The van der Waals surface area contributed by atoms with Crippen molar-refractivity contribution in [3.05, 3.63) is 29.3 Å². The van der Waals surface area contributed by atoms with Gasteiger partial charge >= 0.3 is 0 Å². The lowest BCUT2D eigenvalue weighted by atomic mass is 9.97. The molecule has 5 heteroatoms. The van der Waals surface area contributed by atoms with E-state index in [1.54, 1.807) is 6.07 Å². The Hall–Kier alpha value is -1.67. The summed E-state index contributed by atoms with van der Waals surface area (Å²) in [7, 11) is 0. The van der Waals surface area contributed by atoms with Gasteiger partial charge in [0.05, 0.1) is 11.3 Å². The first-order valence-corrected chi connectivity index (χ1v) is 6.40. The van der Waals surface area contributed by atoms with Crippen molar-refractivity contribution in [1.82, 2.24) is 0 Å². The SMILES string of the molecule is N#Cc1ccc(NCC2CCCC2CO)c(F)c1F. The fourth-order valence-corrected chi connectivity index (χ4v) is 2.64. The monoisotopic (exact) mass is 266 g/mol. The maximum absolute atomic E-state index is 13.7. The number of rotatable bonds is 4. The van der Waals surface area contributed by atoms with Crippen LogP contribution in [0, 0.1) is 34.8 Å². The van der Waals surface area contributed by atoms with Crippen LogP contribution in [0.3, 0.4) is 0 Å². The van der Waals surface area contributed by atoms with E-state index in [0.717, 1.165) is 19.3 Å². The summed E-state index contributed by atoms with van der Waals surface area (Å²) in [4.78, 5) is 0. The predicted octanol–water partition coefficient (Wildman–Crippen LogP) is 2.66. The van der Waals surface area contributed by atoms with E-state index < -0.39 is 11.6 Å². The van der Waals surface area contributed by atoms with Crippen molar-refractivity contribution in [3.8, 4) is 6.07 Å². The fraction of sp³-hybridized carbons (Fsp3) is 0.500. The van der Waals surface area contributed by atoms with Gasteiger partial charge in [0.2, 0.25) is 0 Å². The average Bonchev–Trinajstić information content (AvgIpc) is 2.88. The van der Waals surface area contributed by atoms with Crippen LogP contribution >= 0.6 is 0 Å². The number of nitrogens with one attached hydrogen (secondary N) is 1. The van der Waals surface area contributed by atoms with Crippen LogP contribution in [0.4, 0.5) is 14.5 Å². The molecule has 19 heavy (non-hydrogen) atoms. The van der Waals surface area contributed by atoms with Crippen molar-refractivity contribution in [3.63, 3.8) is 0 Å². The molecule has 102 valence electrons. The minimum Gasteiger partial charge on any atom is -0.396 e. The van der Waals surface area contributed by atoms with E-state index in [1.807, 2.05) is 0 Å². The zero-order chi connectivity index (χ0) is 13.8. The fourth-order valence-electron chi connectivity index (χ4n) is 2.64. The van der Waals surface area contributed by atoms with Crippen LogP contribution in [0.1, 0.15) is 24.8 Å². The van der Waals surface area contributed by atoms with E-state index in [9.17, 15) is 13.9 Å². The minimum atomic E-state index is -1.11. The van der Waals surface area contributed by atoms with Crippen LogP contribution in [-0.4, -0.2) is 18.3 Å². The molecule has 1 aromatic carbocycles. The highest BCUT2D eigenvalue weighted by Gasteiger charge is 2.26. The van der Waals surface area contributed by atoms with Crippen LogP contribution < -0.4 is 5.32 Å². The van der Waals surface area contributed by atoms with E-state index in [-0.39, 0.29) is 29.7 Å². The number of aliphatic hydroxyl groups is 1. The summed E-state index contributed by atoms with van der Waals surface area (Å²) in [6.07, 6.45) is 3.02. The Balaban J connectivity index is 2.04. The third-order valence-corrected chi connectivity index (χ3v) is 3.81. The van der Waals surface area contributed by atoms with Gasteiger partial charge in [0.25, 0.3) is 0 Å². The van der Waals surface area contributed by atoms with Gasteiger partial charge < -0.3 is 10.4 Å². The third-order valence-electron chi connectivity index (χ3n) is 3.81. The summed E-state index contributed by atoms with van der Waals surface area (Å²) < 4.78 is 27.1. The molecule has 3 nitrogen and oxygen atoms in total. The first-order valence-electron chi connectivity index (χ1n) is 6.40. The number of nitriles is 1. The van der Waals surface area contributed by atoms with Gasteiger partial charge in [0.15, 0.2) is 11.6 Å². The van der Waals surface area contributed by atoms with Crippen molar-refractivity contribution in [1.29, 1.82) is 5.26 Å².